The zero-order valence-electron chi connectivity index (χ0n) is 23.1. The van der Waals surface area contributed by atoms with Crippen LogP contribution in [0.5, 0.6) is 28.7 Å². The molecule has 5 rings (SSSR count). The fourth-order valence-corrected chi connectivity index (χ4v) is 5.20. The van der Waals surface area contributed by atoms with Crippen molar-refractivity contribution >= 4 is 5.78 Å². The minimum absolute atomic E-state index is 0.0457. The van der Waals surface area contributed by atoms with Gasteiger partial charge in [-0.25, -0.2) is 0 Å². The molecule has 8 N–H and O–H groups in total. The summed E-state index contributed by atoms with van der Waals surface area (Å²) in [6.07, 6.45) is -15.9. The van der Waals surface area contributed by atoms with E-state index in [0.29, 0.717) is 5.56 Å². The second-order valence-electron chi connectivity index (χ2n) is 10.6. The lowest BCUT2D eigenvalue weighted by atomic mass is 9.95. The molecule has 0 amide bonds. The first-order valence-corrected chi connectivity index (χ1v) is 13.5. The van der Waals surface area contributed by atoms with Crippen LogP contribution in [0.25, 0.3) is 0 Å². The van der Waals surface area contributed by atoms with Crippen LogP contribution in [0, 0.1) is 0 Å². The molecule has 2 aromatic carbocycles. The van der Waals surface area contributed by atoms with Crippen LogP contribution < -0.4 is 14.2 Å². The molecule has 0 spiro atoms. The number of ketones is 1. The molecule has 2 fully saturated rings. The fraction of sp³-hybridized carbons (Fsp3) is 0.536. The predicted molar refractivity (Wildman–Crippen MR) is 141 cm³/mol. The highest BCUT2D eigenvalue weighted by Crippen LogP contribution is 2.43. The lowest BCUT2D eigenvalue weighted by molar-refractivity contribution is -0.318. The zero-order chi connectivity index (χ0) is 31.2. The number of carbonyl (C=O) groups excluding carboxylic acids is 1. The molecule has 2 saturated heterocycles. The third-order valence-corrected chi connectivity index (χ3v) is 7.70. The number of benzene rings is 2. The third-order valence-electron chi connectivity index (χ3n) is 7.70. The summed E-state index contributed by atoms with van der Waals surface area (Å²) in [6.45, 7) is 0.964. The van der Waals surface area contributed by atoms with Crippen LogP contribution in [0.1, 0.15) is 35.4 Å². The molecule has 0 radical (unpaired) electrons. The molecule has 3 aliphatic heterocycles. The maximum absolute atomic E-state index is 12.9. The summed E-state index contributed by atoms with van der Waals surface area (Å²) < 4.78 is 33.1. The van der Waals surface area contributed by atoms with Crippen molar-refractivity contribution in [3.05, 3.63) is 41.5 Å². The molecule has 15 heteroatoms. The molecule has 11 atom stereocenters. The summed E-state index contributed by atoms with van der Waals surface area (Å²) in [5.41, 5.74) is 0.373. The van der Waals surface area contributed by atoms with Gasteiger partial charge >= 0.3 is 0 Å². The maximum Gasteiger partial charge on any atom is 0.229 e. The van der Waals surface area contributed by atoms with Gasteiger partial charge in [-0.1, -0.05) is 6.07 Å². The van der Waals surface area contributed by atoms with Gasteiger partial charge in [0, 0.05) is 12.1 Å². The first-order chi connectivity index (χ1) is 20.4. The van der Waals surface area contributed by atoms with Crippen LogP contribution in [0.15, 0.2) is 30.3 Å². The van der Waals surface area contributed by atoms with Gasteiger partial charge in [0.2, 0.25) is 6.29 Å². The molecular formula is C28H34O15. The number of hydrogen-bond acceptors (Lipinski definition) is 15. The van der Waals surface area contributed by atoms with E-state index in [1.54, 1.807) is 6.07 Å². The molecule has 0 unspecified atom stereocenters. The number of ether oxygens (including phenoxy) is 6. The molecule has 0 aliphatic carbocycles. The van der Waals surface area contributed by atoms with Crippen LogP contribution in [0.4, 0.5) is 0 Å². The Morgan fingerprint density at radius 3 is 2.23 bits per heavy atom. The first-order valence-electron chi connectivity index (χ1n) is 13.5. The van der Waals surface area contributed by atoms with E-state index in [2.05, 4.69) is 0 Å². The van der Waals surface area contributed by atoms with Crippen molar-refractivity contribution in [2.24, 2.45) is 0 Å². The number of aromatic hydroxyl groups is 2. The van der Waals surface area contributed by atoms with Crippen LogP contribution in [-0.2, 0) is 14.2 Å². The van der Waals surface area contributed by atoms with Gasteiger partial charge in [-0.3, -0.25) is 4.79 Å². The van der Waals surface area contributed by atoms with Gasteiger partial charge in [0.05, 0.1) is 26.2 Å². The highest BCUT2D eigenvalue weighted by atomic mass is 16.7. The summed E-state index contributed by atoms with van der Waals surface area (Å²) in [6, 6.07) is 6.90. The number of Topliss-reactive ketones (excluding diaryl/α,β-unsaturated/α-hetero) is 1. The first kappa shape index (κ1) is 31.2. The lowest BCUT2D eigenvalue weighted by Gasteiger charge is -2.42. The Hall–Kier alpha value is -3.25. The predicted octanol–water partition coefficient (Wildman–Crippen LogP) is -1.16. The number of aliphatic hydroxyl groups is 6. The molecule has 15 nitrogen and oxygen atoms in total. The van der Waals surface area contributed by atoms with Crippen LogP contribution in [0.2, 0.25) is 0 Å². The largest absolute Gasteiger partial charge is 0.507 e. The second kappa shape index (κ2) is 12.4. The van der Waals surface area contributed by atoms with E-state index in [0.717, 1.165) is 6.07 Å². The standard InChI is InChI=1S/C28H34O15/c1-10-21(32)23(34)25(36)27(40-10)39-9-19-22(33)24(35)26(37)28(43-19)41-12-6-14(30)20-15(31)8-17(42-18(20)7-12)11-3-4-16(38-2)13(29)5-11/h3-7,10,17,19,21-30,32-37H,8-9H2,1-2H3/t10-,17+,19-,21+,22-,23-,24-,25+,26+,27-,28-/m1/s1. The molecular weight excluding hydrogens is 576 g/mol. The van der Waals surface area contributed by atoms with Gasteiger partial charge in [-0.15, -0.1) is 0 Å². The highest BCUT2D eigenvalue weighted by Gasteiger charge is 2.47. The lowest BCUT2D eigenvalue weighted by Crippen LogP contribution is -2.61. The summed E-state index contributed by atoms with van der Waals surface area (Å²) in [5.74, 6) is -0.999. The van der Waals surface area contributed by atoms with Crippen molar-refractivity contribution in [2.45, 2.75) is 80.9 Å². The molecule has 43 heavy (non-hydrogen) atoms. The number of rotatable bonds is 7. The number of phenolic OH excluding ortho intramolecular Hbond substituents is 2. The number of aliphatic hydroxyl groups excluding tert-OH is 6. The van der Waals surface area contributed by atoms with Gasteiger partial charge in [0.25, 0.3) is 0 Å². The SMILES string of the molecule is COc1ccc([C@@H]2CC(=O)c3c(O)cc(O[C@@H]4O[C@H](CO[C@@H]5O[C@H](C)[C@H](O)[C@@H](O)[C@@H]5O)[C@@H](O)[C@@H](O)[C@@H]4O)cc3O2)cc1O. The summed E-state index contributed by atoms with van der Waals surface area (Å²) in [7, 11) is 1.39. The third kappa shape index (κ3) is 6.08. The Kier molecular flexibility index (Phi) is 8.99. The maximum atomic E-state index is 12.9. The van der Waals surface area contributed by atoms with Gasteiger partial charge in [-0.05, 0) is 24.6 Å². The Bertz CT molecular complexity index is 1320. The number of phenols is 2. The van der Waals surface area contributed by atoms with E-state index in [-0.39, 0.29) is 35.0 Å². The topological polar surface area (TPSA) is 234 Å². The van der Waals surface area contributed by atoms with Crippen LogP contribution >= 0.6 is 0 Å². The number of carbonyl (C=O) groups is 1. The van der Waals surface area contributed by atoms with Crippen molar-refractivity contribution in [3.63, 3.8) is 0 Å². The Balaban J connectivity index is 1.30. The monoisotopic (exact) mass is 610 g/mol. The summed E-state index contributed by atoms with van der Waals surface area (Å²) >= 11 is 0. The minimum atomic E-state index is -1.77. The Morgan fingerprint density at radius 1 is 0.837 bits per heavy atom. The second-order valence-corrected chi connectivity index (χ2v) is 10.6. The number of hydrogen-bond donors (Lipinski definition) is 8. The van der Waals surface area contributed by atoms with Gasteiger partial charge < -0.3 is 69.3 Å². The Morgan fingerprint density at radius 2 is 1.53 bits per heavy atom. The van der Waals surface area contributed by atoms with Gasteiger partial charge in [0.15, 0.2) is 23.6 Å². The van der Waals surface area contributed by atoms with E-state index in [1.165, 1.54) is 32.2 Å². The molecule has 3 heterocycles. The number of methoxy groups -OCH3 is 1. The van der Waals surface area contributed by atoms with Crippen molar-refractivity contribution in [2.75, 3.05) is 13.7 Å². The van der Waals surface area contributed by atoms with Crippen molar-refractivity contribution in [3.8, 4) is 28.7 Å². The van der Waals surface area contributed by atoms with E-state index >= 15 is 0 Å². The van der Waals surface area contributed by atoms with Crippen LogP contribution in [-0.4, -0.2) is 122 Å². The van der Waals surface area contributed by atoms with E-state index in [1.807, 2.05) is 0 Å². The molecule has 0 aromatic heterocycles. The average Bonchev–Trinajstić information content (AvgIpc) is 2.97. The molecule has 236 valence electrons. The van der Waals surface area contributed by atoms with Crippen molar-refractivity contribution in [1.29, 1.82) is 0 Å². The van der Waals surface area contributed by atoms with Crippen molar-refractivity contribution < 1.29 is 74.1 Å². The molecule has 0 saturated carbocycles. The van der Waals surface area contributed by atoms with E-state index < -0.39 is 85.7 Å². The highest BCUT2D eigenvalue weighted by molar-refractivity contribution is 6.02. The molecule has 2 aromatic rings. The molecule has 0 bridgehead atoms. The minimum Gasteiger partial charge on any atom is -0.507 e. The summed E-state index contributed by atoms with van der Waals surface area (Å²) in [5, 5.41) is 82.2. The summed E-state index contributed by atoms with van der Waals surface area (Å²) in [4.78, 5) is 12.9. The Labute approximate surface area is 245 Å². The van der Waals surface area contributed by atoms with Crippen molar-refractivity contribution in [1.82, 2.24) is 0 Å². The zero-order valence-corrected chi connectivity index (χ0v) is 23.1. The average molecular weight is 611 g/mol. The number of fused-ring (bicyclic) bond motifs is 1. The molecule has 3 aliphatic rings. The van der Waals surface area contributed by atoms with E-state index in [4.69, 9.17) is 28.4 Å². The fourth-order valence-electron chi connectivity index (χ4n) is 5.20. The van der Waals surface area contributed by atoms with Crippen LogP contribution in [0.3, 0.4) is 0 Å². The smallest absolute Gasteiger partial charge is 0.229 e. The quantitative estimate of drug-likeness (QED) is 0.185. The van der Waals surface area contributed by atoms with Gasteiger partial charge in [0.1, 0.15) is 71.6 Å². The van der Waals surface area contributed by atoms with Gasteiger partial charge in [-0.2, -0.15) is 0 Å². The van der Waals surface area contributed by atoms with E-state index in [9.17, 15) is 45.6 Å². The normalized spacial score (nSPS) is 36.0.